The van der Waals surface area contributed by atoms with E-state index in [4.69, 9.17) is 0 Å². The van der Waals surface area contributed by atoms with Gasteiger partial charge in [0, 0.05) is 6.04 Å². The summed E-state index contributed by atoms with van der Waals surface area (Å²) in [6.45, 7) is 16.1. The zero-order valence-corrected chi connectivity index (χ0v) is 9.20. The van der Waals surface area contributed by atoms with Crippen LogP contribution >= 0.6 is 0 Å². The molecule has 0 spiro atoms. The smallest absolute Gasteiger partial charge is 0.0325 e. The molecule has 0 bridgehead atoms. The van der Waals surface area contributed by atoms with Gasteiger partial charge in [-0.05, 0) is 25.3 Å². The van der Waals surface area contributed by atoms with Crippen LogP contribution in [0.15, 0.2) is 12.2 Å². The van der Waals surface area contributed by atoms with Gasteiger partial charge < -0.3 is 5.32 Å². The van der Waals surface area contributed by atoms with Crippen molar-refractivity contribution in [3.63, 3.8) is 0 Å². The highest BCUT2D eigenvalue weighted by atomic mass is 14.9. The topological polar surface area (TPSA) is 12.0 Å². The first-order chi connectivity index (χ1) is 5.45. The predicted molar refractivity (Wildman–Crippen MR) is 56.4 cm³/mol. The molecule has 1 unspecified atom stereocenters. The summed E-state index contributed by atoms with van der Waals surface area (Å²) in [5.74, 6) is 0. The molecule has 0 fully saturated rings. The van der Waals surface area contributed by atoms with Gasteiger partial charge in [-0.2, -0.15) is 0 Å². The molecule has 0 rings (SSSR count). The SMILES string of the molecule is C=C(C)C(NCC)C(C)(C)CC. The van der Waals surface area contributed by atoms with Crippen molar-refractivity contribution < 1.29 is 0 Å². The molecule has 0 aliphatic heterocycles. The fraction of sp³-hybridized carbons (Fsp3) is 0.818. The molecule has 0 aliphatic carbocycles. The van der Waals surface area contributed by atoms with Crippen LogP contribution in [-0.2, 0) is 0 Å². The zero-order chi connectivity index (χ0) is 9.78. The second-order valence-electron chi connectivity index (χ2n) is 4.18. The predicted octanol–water partition coefficient (Wildman–Crippen LogP) is 2.98. The second-order valence-corrected chi connectivity index (χ2v) is 4.18. The van der Waals surface area contributed by atoms with Crippen LogP contribution in [0.25, 0.3) is 0 Å². The van der Waals surface area contributed by atoms with Gasteiger partial charge in [0.25, 0.3) is 0 Å². The van der Waals surface area contributed by atoms with Gasteiger partial charge in [0.1, 0.15) is 0 Å². The number of hydrogen-bond donors (Lipinski definition) is 1. The van der Waals surface area contributed by atoms with E-state index in [9.17, 15) is 0 Å². The fourth-order valence-electron chi connectivity index (χ4n) is 1.53. The Bertz CT molecular complexity index is 147. The first-order valence-corrected chi connectivity index (χ1v) is 4.84. The molecule has 0 heterocycles. The van der Waals surface area contributed by atoms with Crippen molar-refractivity contribution >= 4 is 0 Å². The average molecular weight is 169 g/mol. The Morgan fingerprint density at radius 1 is 1.42 bits per heavy atom. The average Bonchev–Trinajstić information content (AvgIpc) is 1.99. The highest BCUT2D eigenvalue weighted by molar-refractivity contribution is 5.07. The first kappa shape index (κ1) is 11.7. The van der Waals surface area contributed by atoms with Gasteiger partial charge in [-0.1, -0.05) is 39.8 Å². The second kappa shape index (κ2) is 4.66. The normalized spacial score (nSPS) is 14.4. The van der Waals surface area contributed by atoms with Crippen molar-refractivity contribution in [3.8, 4) is 0 Å². The summed E-state index contributed by atoms with van der Waals surface area (Å²) < 4.78 is 0. The molecule has 0 aromatic heterocycles. The molecule has 0 amide bonds. The van der Waals surface area contributed by atoms with Crippen LogP contribution < -0.4 is 5.32 Å². The maximum absolute atomic E-state index is 4.03. The van der Waals surface area contributed by atoms with Crippen LogP contribution in [0.1, 0.15) is 41.0 Å². The van der Waals surface area contributed by atoms with Crippen LogP contribution in [0.5, 0.6) is 0 Å². The Kier molecular flexibility index (Phi) is 4.54. The Hall–Kier alpha value is -0.300. The van der Waals surface area contributed by atoms with E-state index in [1.165, 1.54) is 12.0 Å². The van der Waals surface area contributed by atoms with Crippen molar-refractivity contribution in [1.82, 2.24) is 5.32 Å². The molecule has 0 aliphatic rings. The molecular weight excluding hydrogens is 146 g/mol. The van der Waals surface area contributed by atoms with Crippen LogP contribution in [-0.4, -0.2) is 12.6 Å². The third kappa shape index (κ3) is 2.98. The number of nitrogens with one attached hydrogen (secondary N) is 1. The van der Waals surface area contributed by atoms with Gasteiger partial charge in [-0.15, -0.1) is 0 Å². The quantitative estimate of drug-likeness (QED) is 0.624. The number of likely N-dealkylation sites (N-methyl/N-ethyl adjacent to an activating group) is 1. The minimum atomic E-state index is 0.321. The Morgan fingerprint density at radius 2 is 1.92 bits per heavy atom. The van der Waals surface area contributed by atoms with E-state index in [1.54, 1.807) is 0 Å². The van der Waals surface area contributed by atoms with Crippen molar-refractivity contribution in [2.75, 3.05) is 6.54 Å². The van der Waals surface area contributed by atoms with Crippen LogP contribution in [0.2, 0.25) is 0 Å². The summed E-state index contributed by atoms with van der Waals surface area (Å²) in [5, 5.41) is 3.47. The molecule has 1 nitrogen and oxygen atoms in total. The summed E-state index contributed by atoms with van der Waals surface area (Å²) in [6, 6.07) is 0.451. The van der Waals surface area contributed by atoms with Gasteiger partial charge in [0.05, 0.1) is 0 Å². The molecule has 1 atom stereocenters. The fourth-order valence-corrected chi connectivity index (χ4v) is 1.53. The molecule has 12 heavy (non-hydrogen) atoms. The van der Waals surface area contributed by atoms with Crippen molar-refractivity contribution in [2.24, 2.45) is 5.41 Å². The number of hydrogen-bond acceptors (Lipinski definition) is 1. The highest BCUT2D eigenvalue weighted by Crippen LogP contribution is 2.28. The maximum Gasteiger partial charge on any atom is 0.0325 e. The van der Waals surface area contributed by atoms with Gasteiger partial charge in [-0.3, -0.25) is 0 Å². The molecule has 1 heteroatoms. The third-order valence-corrected chi connectivity index (χ3v) is 2.59. The largest absolute Gasteiger partial charge is 0.310 e. The molecular formula is C11H23N. The molecule has 0 saturated heterocycles. The minimum absolute atomic E-state index is 0.321. The van der Waals surface area contributed by atoms with Crippen molar-refractivity contribution in [1.29, 1.82) is 0 Å². The van der Waals surface area contributed by atoms with Gasteiger partial charge in [-0.25, -0.2) is 0 Å². The molecule has 72 valence electrons. The Morgan fingerprint density at radius 3 is 2.17 bits per heavy atom. The van der Waals surface area contributed by atoms with Crippen molar-refractivity contribution in [3.05, 3.63) is 12.2 Å². The Labute approximate surface area is 77.2 Å². The van der Waals surface area contributed by atoms with E-state index in [0.29, 0.717) is 11.5 Å². The molecule has 1 N–H and O–H groups in total. The lowest BCUT2D eigenvalue weighted by Crippen LogP contribution is -2.42. The van der Waals surface area contributed by atoms with Gasteiger partial charge in [0.2, 0.25) is 0 Å². The van der Waals surface area contributed by atoms with Gasteiger partial charge >= 0.3 is 0 Å². The summed E-state index contributed by atoms with van der Waals surface area (Å²) in [5.41, 5.74) is 1.56. The van der Waals surface area contributed by atoms with Crippen LogP contribution in [0.3, 0.4) is 0 Å². The summed E-state index contributed by atoms with van der Waals surface area (Å²) in [7, 11) is 0. The molecule has 0 saturated carbocycles. The number of rotatable bonds is 5. The Balaban J connectivity index is 4.38. The van der Waals surface area contributed by atoms with Gasteiger partial charge in [0.15, 0.2) is 0 Å². The monoisotopic (exact) mass is 169 g/mol. The van der Waals surface area contributed by atoms with Crippen molar-refractivity contribution in [2.45, 2.75) is 47.1 Å². The standard InChI is InChI=1S/C11H23N/c1-7-11(5,6)10(9(3)4)12-8-2/h10,12H,3,7-8H2,1-2,4-6H3. The lowest BCUT2D eigenvalue weighted by Gasteiger charge is -2.34. The van der Waals surface area contributed by atoms with E-state index in [-0.39, 0.29) is 0 Å². The zero-order valence-electron chi connectivity index (χ0n) is 9.20. The van der Waals surface area contributed by atoms with E-state index in [2.05, 4.69) is 46.5 Å². The van der Waals surface area contributed by atoms with E-state index in [1.807, 2.05) is 0 Å². The molecule has 0 radical (unpaired) electrons. The highest BCUT2D eigenvalue weighted by Gasteiger charge is 2.26. The van der Waals surface area contributed by atoms with Crippen LogP contribution in [0, 0.1) is 5.41 Å². The van der Waals surface area contributed by atoms with Crippen LogP contribution in [0.4, 0.5) is 0 Å². The summed E-state index contributed by atoms with van der Waals surface area (Å²) in [4.78, 5) is 0. The lowest BCUT2D eigenvalue weighted by molar-refractivity contribution is 0.264. The third-order valence-electron chi connectivity index (χ3n) is 2.59. The molecule has 0 aromatic rings. The molecule has 0 aromatic carbocycles. The van der Waals surface area contributed by atoms with E-state index < -0.39 is 0 Å². The first-order valence-electron chi connectivity index (χ1n) is 4.84. The minimum Gasteiger partial charge on any atom is -0.310 e. The summed E-state index contributed by atoms with van der Waals surface area (Å²) >= 11 is 0. The van der Waals surface area contributed by atoms with E-state index >= 15 is 0 Å². The summed E-state index contributed by atoms with van der Waals surface area (Å²) in [6.07, 6.45) is 1.18. The lowest BCUT2D eigenvalue weighted by atomic mass is 9.79. The van der Waals surface area contributed by atoms with E-state index in [0.717, 1.165) is 6.54 Å². The maximum atomic E-state index is 4.03.